The Labute approximate surface area is 269 Å². The number of allylic oxidation sites excluding steroid dienone is 4. The summed E-state index contributed by atoms with van der Waals surface area (Å²) in [4.78, 5) is 25.6. The van der Waals surface area contributed by atoms with Crippen molar-refractivity contribution in [1.82, 2.24) is 0 Å². The van der Waals surface area contributed by atoms with Gasteiger partial charge in [-0.2, -0.15) is 0 Å². The zero-order chi connectivity index (χ0) is 31.4. The number of ether oxygens (including phenoxy) is 2. The topological polar surface area (TPSA) is 52.6 Å². The zero-order valence-electron chi connectivity index (χ0n) is 28.5. The minimum atomic E-state index is -0.765. The summed E-state index contributed by atoms with van der Waals surface area (Å²) in [6.07, 6.45) is 34.2. The second kappa shape index (κ2) is 17.1. The van der Waals surface area contributed by atoms with E-state index in [1.54, 1.807) is 5.57 Å². The Hall–Kier alpha value is -2.02. The maximum Gasteiger partial charge on any atom is 0.310 e. The van der Waals surface area contributed by atoms with Crippen molar-refractivity contribution < 1.29 is 19.1 Å². The Bertz CT molecular complexity index is 1060. The van der Waals surface area contributed by atoms with E-state index >= 15 is 0 Å². The van der Waals surface area contributed by atoms with Gasteiger partial charge < -0.3 is 9.47 Å². The third-order valence-electron chi connectivity index (χ3n) is 11.9. The molecule has 0 bridgehead atoms. The van der Waals surface area contributed by atoms with Gasteiger partial charge in [0.1, 0.15) is 5.76 Å². The summed E-state index contributed by atoms with van der Waals surface area (Å²) in [6.45, 7) is 6.81. The molecule has 44 heavy (non-hydrogen) atoms. The highest BCUT2D eigenvalue weighted by molar-refractivity contribution is 5.71. The fourth-order valence-electron chi connectivity index (χ4n) is 9.29. The third-order valence-corrected chi connectivity index (χ3v) is 11.9. The molecule has 4 heteroatoms. The molecule has 5 atom stereocenters. The number of hydrogen-bond acceptors (Lipinski definition) is 4. The van der Waals surface area contributed by atoms with Gasteiger partial charge >= 0.3 is 11.9 Å². The number of rotatable bonds is 18. The van der Waals surface area contributed by atoms with Crippen molar-refractivity contribution in [3.8, 4) is 12.3 Å². The average Bonchev–Trinajstić information content (AvgIpc) is 3.31. The van der Waals surface area contributed by atoms with E-state index in [4.69, 9.17) is 15.9 Å². The van der Waals surface area contributed by atoms with E-state index in [-0.39, 0.29) is 17.4 Å². The lowest BCUT2D eigenvalue weighted by molar-refractivity contribution is -0.169. The lowest BCUT2D eigenvalue weighted by atomic mass is 9.52. The Balaban J connectivity index is 1.28. The van der Waals surface area contributed by atoms with Crippen molar-refractivity contribution in [2.45, 2.75) is 180 Å². The Morgan fingerprint density at radius 2 is 1.41 bits per heavy atom. The molecule has 0 unspecified atom stereocenters. The number of esters is 2. The monoisotopic (exact) mass is 606 g/mol. The Morgan fingerprint density at radius 3 is 2.05 bits per heavy atom. The van der Waals surface area contributed by atoms with Crippen molar-refractivity contribution in [3.05, 3.63) is 23.0 Å². The van der Waals surface area contributed by atoms with Crippen LogP contribution in [-0.2, 0) is 19.1 Å². The first-order chi connectivity index (χ1) is 21.4. The molecule has 246 valence electrons. The van der Waals surface area contributed by atoms with Gasteiger partial charge in [-0.3, -0.25) is 9.59 Å². The van der Waals surface area contributed by atoms with E-state index in [1.165, 1.54) is 69.8 Å². The standard InChI is InChI=1S/C40H62O4/c1-5-8-10-12-14-16-18-20-37(41)43-32-23-25-33-31(30-32)22-24-35-34(33)26-28-39(4)36(35)27-29-40(39,7-3)44-38(42)21-19-17-15-13-11-9-6-2/h3,30,34-36H,5-6,8-29H2,1-2,4H3/t34-,35-,36+,39+,40+/m1/s1. The van der Waals surface area contributed by atoms with Gasteiger partial charge in [-0.05, 0) is 87.2 Å². The number of carbonyl (C=O) groups excluding carboxylic acids is 2. The first kappa shape index (κ1) is 34.8. The quantitative estimate of drug-likeness (QED) is 0.0885. The van der Waals surface area contributed by atoms with Gasteiger partial charge in [0.25, 0.3) is 0 Å². The van der Waals surface area contributed by atoms with Crippen LogP contribution < -0.4 is 0 Å². The summed E-state index contributed by atoms with van der Waals surface area (Å²) in [5.41, 5.74) is 2.10. The van der Waals surface area contributed by atoms with E-state index in [2.05, 4.69) is 32.8 Å². The van der Waals surface area contributed by atoms with Gasteiger partial charge in [0.15, 0.2) is 5.60 Å². The van der Waals surface area contributed by atoms with Gasteiger partial charge in [-0.15, -0.1) is 6.42 Å². The van der Waals surface area contributed by atoms with Crippen LogP contribution in [0.2, 0.25) is 0 Å². The molecule has 4 rings (SSSR count). The van der Waals surface area contributed by atoms with Crippen LogP contribution in [0.15, 0.2) is 23.0 Å². The highest BCUT2D eigenvalue weighted by Crippen LogP contribution is 2.65. The molecule has 0 aromatic heterocycles. The van der Waals surface area contributed by atoms with Gasteiger partial charge in [-0.25, -0.2) is 0 Å². The summed E-state index contributed by atoms with van der Waals surface area (Å²) in [7, 11) is 0. The fraction of sp³-hybridized carbons (Fsp3) is 0.800. The van der Waals surface area contributed by atoms with Crippen LogP contribution >= 0.6 is 0 Å². The van der Waals surface area contributed by atoms with E-state index in [9.17, 15) is 9.59 Å². The highest BCUT2D eigenvalue weighted by atomic mass is 16.6. The number of terminal acetylenes is 1. The molecule has 0 N–H and O–H groups in total. The molecule has 0 aromatic carbocycles. The Kier molecular flexibility index (Phi) is 13.5. The van der Waals surface area contributed by atoms with Crippen molar-refractivity contribution in [2.75, 3.05) is 0 Å². The molecule has 4 aliphatic rings. The minimum absolute atomic E-state index is 0.0610. The van der Waals surface area contributed by atoms with E-state index in [0.29, 0.717) is 30.6 Å². The first-order valence-electron chi connectivity index (χ1n) is 18.7. The molecule has 2 saturated carbocycles. The predicted molar refractivity (Wildman–Crippen MR) is 180 cm³/mol. The molecule has 0 radical (unpaired) electrons. The molecular weight excluding hydrogens is 544 g/mol. The number of unbranched alkanes of at least 4 members (excludes halogenated alkanes) is 12. The van der Waals surface area contributed by atoms with Gasteiger partial charge in [0.2, 0.25) is 0 Å². The smallest absolute Gasteiger partial charge is 0.310 e. The van der Waals surface area contributed by atoms with Crippen LogP contribution in [0.5, 0.6) is 0 Å². The second-order valence-corrected chi connectivity index (χ2v) is 14.7. The normalized spacial score (nSPS) is 29.2. The molecule has 4 aliphatic carbocycles. The summed E-state index contributed by atoms with van der Waals surface area (Å²) >= 11 is 0. The lowest BCUT2D eigenvalue weighted by Gasteiger charge is -2.53. The summed E-state index contributed by atoms with van der Waals surface area (Å²) in [5, 5.41) is 0. The number of carbonyl (C=O) groups is 2. The maximum absolute atomic E-state index is 13.0. The molecule has 4 nitrogen and oxygen atoms in total. The van der Waals surface area contributed by atoms with Crippen molar-refractivity contribution in [1.29, 1.82) is 0 Å². The highest BCUT2D eigenvalue weighted by Gasteiger charge is 2.63. The molecule has 2 fully saturated rings. The predicted octanol–water partition coefficient (Wildman–Crippen LogP) is 10.9. The second-order valence-electron chi connectivity index (χ2n) is 14.7. The summed E-state index contributed by atoms with van der Waals surface area (Å²) in [5.74, 6) is 5.44. The third kappa shape index (κ3) is 8.41. The summed E-state index contributed by atoms with van der Waals surface area (Å²) in [6, 6.07) is 0. The minimum Gasteiger partial charge on any atom is -0.445 e. The Morgan fingerprint density at radius 1 is 0.795 bits per heavy atom. The van der Waals surface area contributed by atoms with Crippen LogP contribution in [0.3, 0.4) is 0 Å². The number of fused-ring (bicyclic) bond motifs is 4. The van der Waals surface area contributed by atoms with Crippen molar-refractivity contribution in [2.24, 2.45) is 23.2 Å². The van der Waals surface area contributed by atoms with Crippen LogP contribution in [0.1, 0.15) is 175 Å². The van der Waals surface area contributed by atoms with Gasteiger partial charge in [0, 0.05) is 24.7 Å². The average molecular weight is 607 g/mol. The summed E-state index contributed by atoms with van der Waals surface area (Å²) < 4.78 is 12.2. The molecular formula is C40H62O4. The van der Waals surface area contributed by atoms with Crippen LogP contribution in [0.4, 0.5) is 0 Å². The lowest BCUT2D eigenvalue weighted by Crippen LogP contribution is -2.52. The van der Waals surface area contributed by atoms with Crippen LogP contribution in [-0.4, -0.2) is 17.5 Å². The number of hydrogen-bond donors (Lipinski definition) is 0. The molecule has 0 amide bonds. The maximum atomic E-state index is 13.0. The molecule has 0 heterocycles. The molecule has 0 aromatic rings. The van der Waals surface area contributed by atoms with Crippen molar-refractivity contribution >= 4 is 11.9 Å². The van der Waals surface area contributed by atoms with Gasteiger partial charge in [-0.1, -0.05) is 109 Å². The van der Waals surface area contributed by atoms with E-state index < -0.39 is 5.60 Å². The van der Waals surface area contributed by atoms with Gasteiger partial charge in [0.05, 0.1) is 0 Å². The van der Waals surface area contributed by atoms with Crippen LogP contribution in [0, 0.1) is 35.5 Å². The van der Waals surface area contributed by atoms with Crippen LogP contribution in [0.25, 0.3) is 0 Å². The molecule has 0 spiro atoms. The molecule has 0 saturated heterocycles. The van der Waals surface area contributed by atoms with E-state index in [0.717, 1.165) is 82.8 Å². The SMILES string of the molecule is C#C[C@]1(OC(=O)CCCCCCCCC)CC[C@H]2[C@@H]3CCC4=C(CCC(OC(=O)CCCCCCCCC)=C4)[C@H]3CC[C@@]21C. The first-order valence-corrected chi connectivity index (χ1v) is 18.7. The molecule has 0 aliphatic heterocycles. The van der Waals surface area contributed by atoms with E-state index in [1.807, 2.05) is 0 Å². The fourth-order valence-corrected chi connectivity index (χ4v) is 9.29. The largest absolute Gasteiger partial charge is 0.445 e. The van der Waals surface area contributed by atoms with Crippen molar-refractivity contribution in [3.63, 3.8) is 0 Å². The zero-order valence-corrected chi connectivity index (χ0v) is 28.5.